The number of rotatable bonds is 12. The Morgan fingerprint density at radius 3 is 1.85 bits per heavy atom. The van der Waals surface area contributed by atoms with E-state index in [-0.39, 0.29) is 0 Å². The molecule has 0 aliphatic carbocycles. The molecule has 0 aliphatic heterocycles. The molecule has 2 heterocycles. The van der Waals surface area contributed by atoms with Crippen LogP contribution in [0.25, 0.3) is 12.4 Å². The van der Waals surface area contributed by atoms with Crippen molar-refractivity contribution in [2.75, 3.05) is 0 Å². The molecule has 0 bridgehead atoms. The maximum absolute atomic E-state index is 4.35. The Balaban J connectivity index is 0.000000350. The van der Waals surface area contributed by atoms with E-state index in [0.717, 1.165) is 18.1 Å². The summed E-state index contributed by atoms with van der Waals surface area (Å²) in [6.07, 6.45) is 24.4. The first-order valence-corrected chi connectivity index (χ1v) is 9.99. The molecule has 0 aromatic carbocycles. The molecule has 0 radical (unpaired) electrons. The molecule has 26 heavy (non-hydrogen) atoms. The molecular formula is C22H36N4. The molecule has 2 aromatic heterocycles. The van der Waals surface area contributed by atoms with Gasteiger partial charge in [0.1, 0.15) is 11.6 Å². The van der Waals surface area contributed by atoms with Gasteiger partial charge in [0.2, 0.25) is 0 Å². The van der Waals surface area contributed by atoms with Gasteiger partial charge in [-0.05, 0) is 13.3 Å². The number of hydrogen-bond acceptors (Lipinski definition) is 2. The first kappa shape index (κ1) is 21.9. The number of imidazole rings is 2. The van der Waals surface area contributed by atoms with E-state index in [2.05, 4.69) is 30.0 Å². The van der Waals surface area contributed by atoms with Gasteiger partial charge < -0.3 is 9.13 Å². The van der Waals surface area contributed by atoms with Gasteiger partial charge in [-0.1, -0.05) is 71.4 Å². The minimum absolute atomic E-state index is 0.972. The van der Waals surface area contributed by atoms with Gasteiger partial charge in [-0.3, -0.25) is 0 Å². The zero-order chi connectivity index (χ0) is 19.0. The van der Waals surface area contributed by atoms with Crippen LogP contribution in [-0.4, -0.2) is 19.1 Å². The molecule has 0 amide bonds. The highest BCUT2D eigenvalue weighted by molar-refractivity contribution is 5.19. The summed E-state index contributed by atoms with van der Waals surface area (Å²) in [6.45, 7) is 11.6. The third-order valence-corrected chi connectivity index (χ3v) is 4.51. The fourth-order valence-corrected chi connectivity index (χ4v) is 2.88. The van der Waals surface area contributed by atoms with Crippen molar-refractivity contribution in [2.24, 2.45) is 0 Å². The van der Waals surface area contributed by atoms with Gasteiger partial charge in [0.15, 0.2) is 0 Å². The van der Waals surface area contributed by atoms with Crippen LogP contribution in [0.2, 0.25) is 0 Å². The summed E-state index contributed by atoms with van der Waals surface area (Å²) in [4.78, 5) is 8.33. The fraction of sp³-hybridized carbons (Fsp3) is 0.545. The number of aromatic nitrogens is 4. The Hall–Kier alpha value is -2.10. The lowest BCUT2D eigenvalue weighted by Crippen LogP contribution is -1.95. The van der Waals surface area contributed by atoms with Gasteiger partial charge in [-0.25, -0.2) is 9.97 Å². The lowest BCUT2D eigenvalue weighted by molar-refractivity contribution is 0.561. The van der Waals surface area contributed by atoms with E-state index in [1.165, 1.54) is 57.8 Å². The number of aryl methyl sites for hydroxylation is 2. The molecule has 0 spiro atoms. The Morgan fingerprint density at radius 1 is 0.808 bits per heavy atom. The minimum atomic E-state index is 0.972. The van der Waals surface area contributed by atoms with E-state index < -0.39 is 0 Å². The molecule has 0 atom stereocenters. The third kappa shape index (κ3) is 8.84. The second kappa shape index (κ2) is 14.1. The second-order valence-corrected chi connectivity index (χ2v) is 6.58. The lowest BCUT2D eigenvalue weighted by Gasteiger charge is -2.03. The van der Waals surface area contributed by atoms with Crippen molar-refractivity contribution in [1.82, 2.24) is 19.1 Å². The van der Waals surface area contributed by atoms with Gasteiger partial charge >= 0.3 is 0 Å². The van der Waals surface area contributed by atoms with Crippen LogP contribution in [0.5, 0.6) is 0 Å². The van der Waals surface area contributed by atoms with Crippen molar-refractivity contribution in [1.29, 1.82) is 0 Å². The summed E-state index contributed by atoms with van der Waals surface area (Å²) in [5.74, 6) is 2.12. The Kier molecular flexibility index (Phi) is 11.9. The molecule has 2 rings (SSSR count). The molecule has 0 fully saturated rings. The average Bonchev–Trinajstić information content (AvgIpc) is 3.29. The van der Waals surface area contributed by atoms with Gasteiger partial charge in [-0.15, -0.1) is 0 Å². The maximum atomic E-state index is 4.35. The molecular weight excluding hydrogens is 320 g/mol. The van der Waals surface area contributed by atoms with E-state index in [1.807, 2.05) is 40.8 Å². The number of nitrogens with zero attached hydrogens (tertiary/aromatic N) is 4. The van der Waals surface area contributed by atoms with Gasteiger partial charge in [0.05, 0.1) is 0 Å². The van der Waals surface area contributed by atoms with Crippen LogP contribution in [0.4, 0.5) is 0 Å². The largest absolute Gasteiger partial charge is 0.311 e. The smallest absolute Gasteiger partial charge is 0.112 e. The topological polar surface area (TPSA) is 35.6 Å². The summed E-state index contributed by atoms with van der Waals surface area (Å²) in [6, 6.07) is 0. The summed E-state index contributed by atoms with van der Waals surface area (Å²) in [7, 11) is 0. The number of hydrogen-bond donors (Lipinski definition) is 0. The van der Waals surface area contributed by atoms with Crippen LogP contribution >= 0.6 is 0 Å². The summed E-state index contributed by atoms with van der Waals surface area (Å²) in [5, 5.41) is 0. The Labute approximate surface area is 159 Å². The highest BCUT2D eigenvalue weighted by Gasteiger charge is 1.99. The molecule has 0 unspecified atom stereocenters. The summed E-state index contributed by atoms with van der Waals surface area (Å²) < 4.78 is 3.88. The third-order valence-electron chi connectivity index (χ3n) is 4.51. The average molecular weight is 357 g/mol. The summed E-state index contributed by atoms with van der Waals surface area (Å²) >= 11 is 0. The SMILES string of the molecule is C=Cn1ccnc1C.C=Cn1ccnc1CCCCCCCCCCC. The molecule has 4 nitrogen and oxygen atoms in total. The maximum Gasteiger partial charge on any atom is 0.112 e. The van der Waals surface area contributed by atoms with Gasteiger partial charge in [0, 0.05) is 43.6 Å². The highest BCUT2D eigenvalue weighted by Crippen LogP contribution is 2.11. The van der Waals surface area contributed by atoms with Crippen molar-refractivity contribution in [2.45, 2.75) is 78.1 Å². The van der Waals surface area contributed by atoms with Crippen molar-refractivity contribution >= 4 is 12.4 Å². The van der Waals surface area contributed by atoms with Crippen molar-refractivity contribution < 1.29 is 0 Å². The van der Waals surface area contributed by atoms with E-state index in [1.54, 1.807) is 12.4 Å². The molecule has 2 aromatic rings. The van der Waals surface area contributed by atoms with Crippen LogP contribution in [0.3, 0.4) is 0 Å². The van der Waals surface area contributed by atoms with E-state index in [9.17, 15) is 0 Å². The molecule has 144 valence electrons. The zero-order valence-corrected chi connectivity index (χ0v) is 16.7. The Bertz CT molecular complexity index is 609. The van der Waals surface area contributed by atoms with E-state index in [0.29, 0.717) is 0 Å². The van der Waals surface area contributed by atoms with Crippen molar-refractivity contribution in [3.63, 3.8) is 0 Å². The van der Waals surface area contributed by atoms with E-state index in [4.69, 9.17) is 0 Å². The van der Waals surface area contributed by atoms with Gasteiger partial charge in [-0.2, -0.15) is 0 Å². The van der Waals surface area contributed by atoms with E-state index >= 15 is 0 Å². The first-order chi connectivity index (χ1) is 12.7. The highest BCUT2D eigenvalue weighted by atomic mass is 15.0. The zero-order valence-electron chi connectivity index (χ0n) is 16.7. The normalized spacial score (nSPS) is 10.2. The second-order valence-electron chi connectivity index (χ2n) is 6.58. The standard InChI is InChI=1S/C16H28N2.C6H8N2/c1-3-5-6-7-8-9-10-11-12-13-16-17-14-15-18(16)4-2;1-3-8-5-4-7-6(8)2/h4,14-15H,2-3,5-13H2,1H3;3-5H,1H2,2H3. The molecule has 0 saturated carbocycles. The van der Waals surface area contributed by atoms with Gasteiger partial charge in [0.25, 0.3) is 0 Å². The molecule has 0 aliphatic rings. The first-order valence-electron chi connectivity index (χ1n) is 9.99. The Morgan fingerprint density at radius 2 is 1.35 bits per heavy atom. The minimum Gasteiger partial charge on any atom is -0.311 e. The molecule has 4 heteroatoms. The van der Waals surface area contributed by atoms with Crippen molar-refractivity contribution in [3.8, 4) is 0 Å². The van der Waals surface area contributed by atoms with Crippen molar-refractivity contribution in [3.05, 3.63) is 49.6 Å². The van der Waals surface area contributed by atoms with Crippen LogP contribution in [0.15, 0.2) is 37.9 Å². The fourth-order valence-electron chi connectivity index (χ4n) is 2.88. The monoisotopic (exact) mass is 356 g/mol. The van der Waals surface area contributed by atoms with Crippen LogP contribution in [0, 0.1) is 6.92 Å². The summed E-state index contributed by atoms with van der Waals surface area (Å²) in [5.41, 5.74) is 0. The van der Waals surface area contributed by atoms with Crippen LogP contribution in [0.1, 0.15) is 76.4 Å². The quantitative estimate of drug-likeness (QED) is 0.415. The molecule has 0 N–H and O–H groups in total. The number of unbranched alkanes of at least 4 members (excludes halogenated alkanes) is 8. The predicted octanol–water partition coefficient (Wildman–Crippen LogP) is 6.35. The van der Waals surface area contributed by atoms with Crippen LogP contribution < -0.4 is 0 Å². The predicted molar refractivity (Wildman–Crippen MR) is 113 cm³/mol. The molecule has 0 saturated heterocycles. The lowest BCUT2D eigenvalue weighted by atomic mass is 10.1. The van der Waals surface area contributed by atoms with Crippen LogP contribution in [-0.2, 0) is 6.42 Å².